The van der Waals surface area contributed by atoms with Crippen molar-refractivity contribution in [2.75, 3.05) is 26.2 Å². The molecule has 0 bridgehead atoms. The molecular formula is C16H21ClN2O3. The minimum Gasteiger partial charge on any atom is -0.376 e. The summed E-state index contributed by atoms with van der Waals surface area (Å²) in [6.07, 6.45) is 2.14. The molecule has 0 aliphatic carbocycles. The number of ether oxygens (including phenoxy) is 1. The summed E-state index contributed by atoms with van der Waals surface area (Å²) in [4.78, 5) is 25.4. The number of hydrogen-bond donors (Lipinski definition) is 1. The van der Waals surface area contributed by atoms with Crippen molar-refractivity contribution in [3.63, 3.8) is 0 Å². The van der Waals surface area contributed by atoms with Crippen LogP contribution in [0.3, 0.4) is 0 Å². The van der Waals surface area contributed by atoms with E-state index in [-0.39, 0.29) is 17.9 Å². The van der Waals surface area contributed by atoms with Crippen LogP contribution in [0.2, 0.25) is 5.02 Å². The number of carbonyl (C=O) groups is 2. The van der Waals surface area contributed by atoms with Crippen molar-refractivity contribution < 1.29 is 14.3 Å². The Labute approximate surface area is 135 Å². The van der Waals surface area contributed by atoms with Gasteiger partial charge in [-0.3, -0.25) is 9.59 Å². The van der Waals surface area contributed by atoms with Gasteiger partial charge in [0.2, 0.25) is 5.91 Å². The van der Waals surface area contributed by atoms with Crippen LogP contribution in [0.15, 0.2) is 24.3 Å². The highest BCUT2D eigenvalue weighted by molar-refractivity contribution is 6.33. The minimum absolute atomic E-state index is 0.0116. The lowest BCUT2D eigenvalue weighted by Crippen LogP contribution is -2.41. The number of nitrogens with one attached hydrogen (secondary N) is 1. The molecule has 1 aromatic carbocycles. The average Bonchev–Trinajstić information content (AvgIpc) is 2.99. The van der Waals surface area contributed by atoms with Crippen molar-refractivity contribution in [1.29, 1.82) is 0 Å². The van der Waals surface area contributed by atoms with Crippen molar-refractivity contribution in [2.24, 2.45) is 0 Å². The molecule has 1 fully saturated rings. The van der Waals surface area contributed by atoms with Crippen molar-refractivity contribution in [2.45, 2.75) is 25.9 Å². The van der Waals surface area contributed by atoms with E-state index in [0.29, 0.717) is 30.2 Å². The molecule has 0 saturated carbocycles. The zero-order valence-electron chi connectivity index (χ0n) is 12.7. The Morgan fingerprint density at radius 2 is 2.18 bits per heavy atom. The standard InChI is InChI=1S/C16H21ClN2O3/c1-12(20)19(11-13-5-4-10-22-13)9-8-18-16(21)14-6-2-3-7-15(14)17/h2-3,6-7,13H,4-5,8-11H2,1H3,(H,18,21). The largest absolute Gasteiger partial charge is 0.376 e. The lowest BCUT2D eigenvalue weighted by atomic mass is 10.2. The number of hydrogen-bond acceptors (Lipinski definition) is 3. The third-order valence-corrected chi connectivity index (χ3v) is 4.01. The highest BCUT2D eigenvalue weighted by Gasteiger charge is 2.20. The summed E-state index contributed by atoms with van der Waals surface area (Å²) >= 11 is 5.98. The molecule has 0 aromatic heterocycles. The van der Waals surface area contributed by atoms with Gasteiger partial charge in [-0.2, -0.15) is 0 Å². The molecule has 22 heavy (non-hydrogen) atoms. The Bertz CT molecular complexity index is 530. The van der Waals surface area contributed by atoms with E-state index < -0.39 is 0 Å². The molecule has 1 aliphatic rings. The predicted molar refractivity (Wildman–Crippen MR) is 85.0 cm³/mol. The molecule has 1 atom stereocenters. The summed E-state index contributed by atoms with van der Waals surface area (Å²) in [5.74, 6) is -0.242. The van der Waals surface area contributed by atoms with Gasteiger partial charge in [-0.15, -0.1) is 0 Å². The highest BCUT2D eigenvalue weighted by atomic mass is 35.5. The molecule has 0 radical (unpaired) electrons. The van der Waals surface area contributed by atoms with E-state index in [1.54, 1.807) is 29.2 Å². The molecule has 1 heterocycles. The molecule has 1 N–H and O–H groups in total. The summed E-state index contributed by atoms with van der Waals surface area (Å²) in [7, 11) is 0. The van der Waals surface area contributed by atoms with Gasteiger partial charge in [-0.1, -0.05) is 23.7 Å². The molecule has 1 aliphatic heterocycles. The Morgan fingerprint density at radius 3 is 2.82 bits per heavy atom. The zero-order valence-corrected chi connectivity index (χ0v) is 13.4. The van der Waals surface area contributed by atoms with E-state index >= 15 is 0 Å². The maximum absolute atomic E-state index is 12.0. The quantitative estimate of drug-likeness (QED) is 0.871. The fourth-order valence-corrected chi connectivity index (χ4v) is 2.68. The third kappa shape index (κ3) is 4.71. The first-order valence-corrected chi connectivity index (χ1v) is 7.85. The first-order chi connectivity index (χ1) is 10.6. The molecule has 1 unspecified atom stereocenters. The number of carbonyl (C=O) groups excluding carboxylic acids is 2. The van der Waals surface area contributed by atoms with Crippen LogP contribution in [-0.2, 0) is 9.53 Å². The zero-order chi connectivity index (χ0) is 15.9. The molecule has 120 valence electrons. The second-order valence-electron chi connectivity index (χ2n) is 5.34. The van der Waals surface area contributed by atoms with Gasteiger partial charge in [0.15, 0.2) is 0 Å². The molecule has 1 saturated heterocycles. The normalized spacial score (nSPS) is 17.3. The minimum atomic E-state index is -0.230. The smallest absolute Gasteiger partial charge is 0.252 e. The first-order valence-electron chi connectivity index (χ1n) is 7.48. The van der Waals surface area contributed by atoms with Crippen LogP contribution in [0, 0.1) is 0 Å². The van der Waals surface area contributed by atoms with Crippen LogP contribution in [0.25, 0.3) is 0 Å². The SMILES string of the molecule is CC(=O)N(CCNC(=O)c1ccccc1Cl)CC1CCCO1. The second kappa shape index (κ2) is 8.15. The number of nitrogens with zero attached hydrogens (tertiary/aromatic N) is 1. The van der Waals surface area contributed by atoms with Gasteiger partial charge < -0.3 is 15.0 Å². The van der Waals surface area contributed by atoms with Crippen molar-refractivity contribution in [3.8, 4) is 0 Å². The lowest BCUT2D eigenvalue weighted by molar-refractivity contribution is -0.130. The fraction of sp³-hybridized carbons (Fsp3) is 0.500. The maximum atomic E-state index is 12.0. The first kappa shape index (κ1) is 16.8. The number of benzene rings is 1. The van der Waals surface area contributed by atoms with E-state index in [4.69, 9.17) is 16.3 Å². The second-order valence-corrected chi connectivity index (χ2v) is 5.74. The summed E-state index contributed by atoms with van der Waals surface area (Å²) in [5, 5.41) is 3.21. The lowest BCUT2D eigenvalue weighted by Gasteiger charge is -2.24. The Balaban J connectivity index is 1.81. The molecule has 2 rings (SSSR count). The predicted octanol–water partition coefficient (Wildman–Crippen LogP) is 2.10. The van der Waals surface area contributed by atoms with Crippen molar-refractivity contribution in [1.82, 2.24) is 10.2 Å². The van der Waals surface area contributed by atoms with Crippen molar-refractivity contribution in [3.05, 3.63) is 34.9 Å². The van der Waals surface area contributed by atoms with Crippen LogP contribution < -0.4 is 5.32 Å². The Kier molecular flexibility index (Phi) is 6.21. The molecular weight excluding hydrogens is 304 g/mol. The number of amides is 2. The van der Waals surface area contributed by atoms with Gasteiger partial charge in [0.1, 0.15) is 0 Å². The fourth-order valence-electron chi connectivity index (χ4n) is 2.46. The highest BCUT2D eigenvalue weighted by Crippen LogP contribution is 2.15. The Hall–Kier alpha value is -1.59. The third-order valence-electron chi connectivity index (χ3n) is 3.68. The topological polar surface area (TPSA) is 58.6 Å². The molecule has 2 amide bonds. The number of halogens is 1. The van der Waals surface area contributed by atoms with Crippen LogP contribution in [0.1, 0.15) is 30.1 Å². The van der Waals surface area contributed by atoms with E-state index in [2.05, 4.69) is 5.32 Å². The van der Waals surface area contributed by atoms with Gasteiger partial charge in [0, 0.05) is 33.2 Å². The van der Waals surface area contributed by atoms with Gasteiger partial charge in [-0.25, -0.2) is 0 Å². The van der Waals surface area contributed by atoms with Gasteiger partial charge >= 0.3 is 0 Å². The molecule has 5 nitrogen and oxygen atoms in total. The summed E-state index contributed by atoms with van der Waals surface area (Å²) in [5.41, 5.74) is 0.442. The van der Waals surface area contributed by atoms with E-state index in [0.717, 1.165) is 19.4 Å². The molecule has 1 aromatic rings. The maximum Gasteiger partial charge on any atom is 0.252 e. The van der Waals surface area contributed by atoms with Crippen LogP contribution in [0.4, 0.5) is 0 Å². The van der Waals surface area contributed by atoms with Gasteiger partial charge in [0.25, 0.3) is 5.91 Å². The molecule has 6 heteroatoms. The summed E-state index contributed by atoms with van der Waals surface area (Å²) in [6.45, 7) is 3.73. The number of rotatable bonds is 6. The van der Waals surface area contributed by atoms with Gasteiger partial charge in [0.05, 0.1) is 16.7 Å². The van der Waals surface area contributed by atoms with Crippen molar-refractivity contribution >= 4 is 23.4 Å². The van der Waals surface area contributed by atoms with E-state index in [9.17, 15) is 9.59 Å². The summed E-state index contributed by atoms with van der Waals surface area (Å²) in [6, 6.07) is 6.89. The van der Waals surface area contributed by atoms with Crippen LogP contribution in [-0.4, -0.2) is 49.1 Å². The molecule has 0 spiro atoms. The monoisotopic (exact) mass is 324 g/mol. The van der Waals surface area contributed by atoms with Crippen LogP contribution >= 0.6 is 11.6 Å². The van der Waals surface area contributed by atoms with Crippen LogP contribution in [0.5, 0.6) is 0 Å². The van der Waals surface area contributed by atoms with Gasteiger partial charge in [-0.05, 0) is 25.0 Å². The van der Waals surface area contributed by atoms with E-state index in [1.165, 1.54) is 6.92 Å². The Morgan fingerprint density at radius 1 is 1.41 bits per heavy atom. The summed E-state index contributed by atoms with van der Waals surface area (Å²) < 4.78 is 5.55. The van der Waals surface area contributed by atoms with E-state index in [1.807, 2.05) is 0 Å². The average molecular weight is 325 g/mol.